The third-order valence-electron chi connectivity index (χ3n) is 3.04. The van der Waals surface area contributed by atoms with Crippen LogP contribution in [-0.4, -0.2) is 18.4 Å². The van der Waals surface area contributed by atoms with E-state index in [-0.39, 0.29) is 12.5 Å². The number of anilines is 1. The first-order valence-electron chi connectivity index (χ1n) is 6.99. The summed E-state index contributed by atoms with van der Waals surface area (Å²) >= 11 is 0. The molecule has 2 aromatic rings. The fraction of sp³-hybridized carbons (Fsp3) is 0.176. The molecule has 4 nitrogen and oxygen atoms in total. The molecule has 0 saturated carbocycles. The molecule has 0 heterocycles. The lowest BCUT2D eigenvalue weighted by Crippen LogP contribution is -2.32. The van der Waals surface area contributed by atoms with Crippen molar-refractivity contribution in [2.24, 2.45) is 0 Å². The van der Waals surface area contributed by atoms with E-state index in [2.05, 4.69) is 10.6 Å². The molecule has 5 heteroatoms. The molecular formula is C17H17FN2O2. The minimum atomic E-state index is -0.426. The lowest BCUT2D eigenvalue weighted by molar-refractivity contribution is -0.124. The largest absolute Gasteiger partial charge is 0.347 e. The first-order valence-corrected chi connectivity index (χ1v) is 6.99. The number of carbonyl (C=O) groups is 2. The molecule has 0 saturated heterocycles. The van der Waals surface area contributed by atoms with Crippen molar-refractivity contribution in [3.05, 3.63) is 66.0 Å². The third kappa shape index (κ3) is 5.36. The van der Waals surface area contributed by atoms with E-state index in [4.69, 9.17) is 0 Å². The summed E-state index contributed by atoms with van der Waals surface area (Å²) in [5.74, 6) is -1.01. The van der Waals surface area contributed by atoms with E-state index in [0.717, 1.165) is 5.56 Å². The van der Waals surface area contributed by atoms with Crippen molar-refractivity contribution in [2.75, 3.05) is 11.9 Å². The molecule has 0 fully saturated rings. The fourth-order valence-corrected chi connectivity index (χ4v) is 1.94. The minimum Gasteiger partial charge on any atom is -0.347 e. The van der Waals surface area contributed by atoms with Crippen LogP contribution in [0.2, 0.25) is 0 Å². The second kappa shape index (κ2) is 7.93. The summed E-state index contributed by atoms with van der Waals surface area (Å²) in [4.78, 5) is 23.3. The predicted octanol–water partition coefficient (Wildman–Crippen LogP) is 2.51. The zero-order chi connectivity index (χ0) is 15.8. The van der Waals surface area contributed by atoms with Crippen molar-refractivity contribution in [3.63, 3.8) is 0 Å². The van der Waals surface area contributed by atoms with Gasteiger partial charge in [0.2, 0.25) is 11.8 Å². The summed E-state index contributed by atoms with van der Waals surface area (Å²) in [6.07, 6.45) is 0.940. The van der Waals surface area contributed by atoms with Gasteiger partial charge in [0.25, 0.3) is 0 Å². The number of aryl methyl sites for hydroxylation is 1. The number of halogens is 1. The number of benzene rings is 2. The topological polar surface area (TPSA) is 58.2 Å². The Kier molecular flexibility index (Phi) is 5.65. The summed E-state index contributed by atoms with van der Waals surface area (Å²) in [6.45, 7) is -0.135. The van der Waals surface area contributed by atoms with Crippen LogP contribution in [0.5, 0.6) is 0 Å². The van der Waals surface area contributed by atoms with Gasteiger partial charge in [-0.15, -0.1) is 0 Å². The van der Waals surface area contributed by atoms with Gasteiger partial charge in [0.1, 0.15) is 5.82 Å². The molecule has 0 unspecified atom stereocenters. The van der Waals surface area contributed by atoms with Crippen molar-refractivity contribution in [1.29, 1.82) is 0 Å². The fourth-order valence-electron chi connectivity index (χ4n) is 1.94. The quantitative estimate of drug-likeness (QED) is 0.861. The maximum Gasteiger partial charge on any atom is 0.243 e. The van der Waals surface area contributed by atoms with Crippen LogP contribution in [-0.2, 0) is 16.0 Å². The molecule has 114 valence electrons. The monoisotopic (exact) mass is 300 g/mol. The van der Waals surface area contributed by atoms with Crippen LogP contribution in [0.25, 0.3) is 0 Å². The van der Waals surface area contributed by atoms with Crippen LogP contribution in [0.4, 0.5) is 10.1 Å². The highest BCUT2D eigenvalue weighted by molar-refractivity contribution is 5.94. The summed E-state index contributed by atoms with van der Waals surface area (Å²) in [7, 11) is 0. The van der Waals surface area contributed by atoms with Gasteiger partial charge < -0.3 is 10.6 Å². The molecular weight excluding hydrogens is 283 g/mol. The maximum absolute atomic E-state index is 13.0. The van der Waals surface area contributed by atoms with E-state index in [0.29, 0.717) is 18.5 Å². The number of amides is 2. The van der Waals surface area contributed by atoms with E-state index in [1.165, 1.54) is 18.2 Å². The van der Waals surface area contributed by atoms with Crippen molar-refractivity contribution in [2.45, 2.75) is 12.8 Å². The molecule has 0 spiro atoms. The number of rotatable bonds is 6. The van der Waals surface area contributed by atoms with Crippen molar-refractivity contribution < 1.29 is 14.0 Å². The van der Waals surface area contributed by atoms with Crippen LogP contribution in [0, 0.1) is 5.82 Å². The van der Waals surface area contributed by atoms with Gasteiger partial charge in [-0.3, -0.25) is 9.59 Å². The summed E-state index contributed by atoms with van der Waals surface area (Å²) in [5, 5.41) is 5.06. The summed E-state index contributed by atoms with van der Waals surface area (Å²) < 4.78 is 13.0. The zero-order valence-corrected chi connectivity index (χ0v) is 12.0. The summed E-state index contributed by atoms with van der Waals surface area (Å²) in [6, 6.07) is 15.2. The lowest BCUT2D eigenvalue weighted by Gasteiger charge is -2.07. The highest BCUT2D eigenvalue weighted by atomic mass is 19.1. The van der Waals surface area contributed by atoms with E-state index in [9.17, 15) is 14.0 Å². The number of carbonyl (C=O) groups excluding carboxylic acids is 2. The second-order valence-electron chi connectivity index (χ2n) is 4.82. The van der Waals surface area contributed by atoms with Gasteiger partial charge in [0.05, 0.1) is 6.54 Å². The Morgan fingerprint density at radius 2 is 1.73 bits per heavy atom. The first kappa shape index (κ1) is 15.7. The Labute approximate surface area is 128 Å². The van der Waals surface area contributed by atoms with Gasteiger partial charge in [-0.05, 0) is 30.2 Å². The maximum atomic E-state index is 13.0. The highest BCUT2D eigenvalue weighted by Gasteiger charge is 2.06. The highest BCUT2D eigenvalue weighted by Crippen LogP contribution is 2.08. The van der Waals surface area contributed by atoms with Gasteiger partial charge >= 0.3 is 0 Å². The number of hydrogen-bond donors (Lipinski definition) is 2. The Hall–Kier alpha value is -2.69. The molecule has 2 N–H and O–H groups in total. The zero-order valence-electron chi connectivity index (χ0n) is 12.0. The SMILES string of the molecule is O=C(CCc1ccccc1)NCC(=O)Nc1cccc(F)c1. The molecule has 22 heavy (non-hydrogen) atoms. The van der Waals surface area contributed by atoms with E-state index in [1.54, 1.807) is 6.07 Å². The third-order valence-corrected chi connectivity index (χ3v) is 3.04. The van der Waals surface area contributed by atoms with Gasteiger partial charge in [0, 0.05) is 12.1 Å². The average molecular weight is 300 g/mol. The Bertz CT molecular complexity index is 644. The van der Waals surface area contributed by atoms with Crippen LogP contribution >= 0.6 is 0 Å². The van der Waals surface area contributed by atoms with Gasteiger partial charge in [0.15, 0.2) is 0 Å². The second-order valence-corrected chi connectivity index (χ2v) is 4.82. The van der Waals surface area contributed by atoms with E-state index >= 15 is 0 Å². The Morgan fingerprint density at radius 1 is 0.955 bits per heavy atom. The number of nitrogens with one attached hydrogen (secondary N) is 2. The van der Waals surface area contributed by atoms with E-state index < -0.39 is 11.7 Å². The van der Waals surface area contributed by atoms with Crippen molar-refractivity contribution in [1.82, 2.24) is 5.32 Å². The predicted molar refractivity (Wildman–Crippen MR) is 82.8 cm³/mol. The molecule has 0 radical (unpaired) electrons. The summed E-state index contributed by atoms with van der Waals surface area (Å²) in [5.41, 5.74) is 1.44. The minimum absolute atomic E-state index is 0.135. The average Bonchev–Trinajstić information content (AvgIpc) is 2.52. The molecule has 2 amide bonds. The Balaban J connectivity index is 1.70. The van der Waals surface area contributed by atoms with Crippen LogP contribution in [0.1, 0.15) is 12.0 Å². The normalized spacial score (nSPS) is 10.0. The molecule has 0 aliphatic heterocycles. The van der Waals surface area contributed by atoms with Crippen molar-refractivity contribution >= 4 is 17.5 Å². The molecule has 2 rings (SSSR count). The molecule has 0 aliphatic rings. The molecule has 0 aliphatic carbocycles. The van der Waals surface area contributed by atoms with Gasteiger partial charge in [-0.1, -0.05) is 36.4 Å². The number of hydrogen-bond acceptors (Lipinski definition) is 2. The lowest BCUT2D eigenvalue weighted by atomic mass is 10.1. The molecule has 0 bridgehead atoms. The smallest absolute Gasteiger partial charge is 0.243 e. The molecule has 0 aromatic heterocycles. The van der Waals surface area contributed by atoms with Crippen LogP contribution in [0.15, 0.2) is 54.6 Å². The van der Waals surface area contributed by atoms with Crippen LogP contribution in [0.3, 0.4) is 0 Å². The molecule has 2 aromatic carbocycles. The van der Waals surface area contributed by atoms with Gasteiger partial charge in [-0.25, -0.2) is 4.39 Å². The van der Waals surface area contributed by atoms with Crippen molar-refractivity contribution in [3.8, 4) is 0 Å². The van der Waals surface area contributed by atoms with E-state index in [1.807, 2.05) is 30.3 Å². The first-order chi connectivity index (χ1) is 10.6. The molecule has 0 atom stereocenters. The van der Waals surface area contributed by atoms with Crippen LogP contribution < -0.4 is 10.6 Å². The standard InChI is InChI=1S/C17H17FN2O2/c18-14-7-4-8-15(11-14)20-17(22)12-19-16(21)10-9-13-5-2-1-3-6-13/h1-8,11H,9-10,12H2,(H,19,21)(H,20,22). The Morgan fingerprint density at radius 3 is 2.45 bits per heavy atom. The van der Waals surface area contributed by atoms with Gasteiger partial charge in [-0.2, -0.15) is 0 Å².